The molecule has 2 aromatic carbocycles. The van der Waals surface area contributed by atoms with Crippen LogP contribution in [0, 0.1) is 5.82 Å². The van der Waals surface area contributed by atoms with Gasteiger partial charge in [-0.1, -0.05) is 24.2 Å². The van der Waals surface area contributed by atoms with E-state index in [2.05, 4.69) is 27.2 Å². The summed E-state index contributed by atoms with van der Waals surface area (Å²) in [7, 11) is 0. The van der Waals surface area contributed by atoms with E-state index >= 15 is 0 Å². The second-order valence-electron chi connectivity index (χ2n) is 6.48. The third-order valence-corrected chi connectivity index (χ3v) is 4.66. The maximum Gasteiger partial charge on any atom is 0.256 e. The number of nitrogens with zero attached hydrogens (tertiary/aromatic N) is 3. The number of pyridine rings is 1. The van der Waals surface area contributed by atoms with Crippen LogP contribution in [0.25, 0.3) is 16.7 Å². The number of anilines is 3. The van der Waals surface area contributed by atoms with Crippen molar-refractivity contribution in [1.29, 1.82) is 0 Å². The van der Waals surface area contributed by atoms with Gasteiger partial charge in [0.15, 0.2) is 5.65 Å². The smallest absolute Gasteiger partial charge is 0.256 e. The normalized spacial score (nSPS) is 10.6. The maximum atomic E-state index is 13.4. The number of rotatable bonds is 5. The molecule has 0 saturated heterocycles. The topological polar surface area (TPSA) is 88.9 Å². The van der Waals surface area contributed by atoms with Gasteiger partial charge in [-0.05, 0) is 48.5 Å². The van der Waals surface area contributed by atoms with Crippen LogP contribution in [0.5, 0.6) is 0 Å². The van der Waals surface area contributed by atoms with Crippen LogP contribution in [0.2, 0.25) is 5.02 Å². The van der Waals surface area contributed by atoms with E-state index in [0.29, 0.717) is 28.1 Å². The molecule has 0 aliphatic carbocycles. The van der Waals surface area contributed by atoms with Gasteiger partial charge in [0.2, 0.25) is 11.9 Å². The van der Waals surface area contributed by atoms with Gasteiger partial charge in [-0.25, -0.2) is 9.37 Å². The highest BCUT2D eigenvalue weighted by Gasteiger charge is 2.11. The second-order valence-corrected chi connectivity index (χ2v) is 6.88. The molecule has 0 atom stereocenters. The van der Waals surface area contributed by atoms with Crippen molar-refractivity contribution in [2.24, 2.45) is 0 Å². The molecule has 0 bridgehead atoms. The van der Waals surface area contributed by atoms with Gasteiger partial charge < -0.3 is 10.6 Å². The van der Waals surface area contributed by atoms with Gasteiger partial charge in [0.1, 0.15) is 5.82 Å². The van der Waals surface area contributed by atoms with Crippen molar-refractivity contribution in [3.8, 4) is 5.69 Å². The Morgan fingerprint density at radius 3 is 2.74 bits per heavy atom. The number of hydrogen-bond donors (Lipinski definition) is 2. The molecule has 0 fully saturated rings. The van der Waals surface area contributed by atoms with Crippen LogP contribution >= 0.6 is 11.6 Å². The predicted octanol–water partition coefficient (Wildman–Crippen LogP) is 4.44. The Kier molecular flexibility index (Phi) is 5.46. The molecular formula is C22H15ClFN5O2. The zero-order valence-electron chi connectivity index (χ0n) is 16.0. The van der Waals surface area contributed by atoms with Crippen molar-refractivity contribution in [3.05, 3.63) is 94.6 Å². The summed E-state index contributed by atoms with van der Waals surface area (Å²) in [4.78, 5) is 33.0. The number of aromatic nitrogens is 3. The standard InChI is InChI=1S/C22H15ClFN5O2/c1-2-19(30)26-14-4-3-5-16(10-14)29-20(31)9-6-13-12-25-22(28-21(13)29)27-15-7-8-18(24)17(23)11-15/h2-12H,1H2,(H,26,30)(H,25,27,28). The van der Waals surface area contributed by atoms with Crippen molar-refractivity contribution in [2.75, 3.05) is 10.6 Å². The molecule has 0 radical (unpaired) electrons. The van der Waals surface area contributed by atoms with E-state index in [9.17, 15) is 14.0 Å². The first-order chi connectivity index (χ1) is 14.9. The molecule has 31 heavy (non-hydrogen) atoms. The average molecular weight is 436 g/mol. The highest BCUT2D eigenvalue weighted by molar-refractivity contribution is 6.31. The molecule has 1 amide bonds. The minimum Gasteiger partial charge on any atom is -0.324 e. The van der Waals surface area contributed by atoms with E-state index in [0.717, 1.165) is 6.08 Å². The number of carbonyl (C=O) groups is 1. The summed E-state index contributed by atoms with van der Waals surface area (Å²) in [6, 6.07) is 13.9. The third-order valence-electron chi connectivity index (χ3n) is 4.37. The summed E-state index contributed by atoms with van der Waals surface area (Å²) in [5, 5.41) is 6.20. The lowest BCUT2D eigenvalue weighted by Crippen LogP contribution is -2.19. The van der Waals surface area contributed by atoms with Gasteiger partial charge in [-0.3, -0.25) is 14.2 Å². The van der Waals surface area contributed by atoms with E-state index in [1.54, 1.807) is 36.5 Å². The lowest BCUT2D eigenvalue weighted by molar-refractivity contribution is -0.111. The minimum atomic E-state index is -0.538. The molecule has 154 valence electrons. The number of halogens is 2. The first-order valence-electron chi connectivity index (χ1n) is 9.09. The van der Waals surface area contributed by atoms with Crippen molar-refractivity contribution < 1.29 is 9.18 Å². The molecule has 2 heterocycles. The van der Waals surface area contributed by atoms with E-state index in [4.69, 9.17) is 11.6 Å². The van der Waals surface area contributed by atoms with Gasteiger partial charge >= 0.3 is 0 Å². The zero-order chi connectivity index (χ0) is 22.0. The zero-order valence-corrected chi connectivity index (χ0v) is 16.7. The van der Waals surface area contributed by atoms with Crippen LogP contribution in [-0.2, 0) is 4.79 Å². The van der Waals surface area contributed by atoms with Gasteiger partial charge in [0.05, 0.1) is 10.7 Å². The molecule has 4 aromatic rings. The van der Waals surface area contributed by atoms with Crippen molar-refractivity contribution in [3.63, 3.8) is 0 Å². The minimum absolute atomic E-state index is 0.0407. The summed E-state index contributed by atoms with van der Waals surface area (Å²) in [6.07, 6.45) is 2.72. The van der Waals surface area contributed by atoms with Crippen molar-refractivity contribution in [2.45, 2.75) is 0 Å². The lowest BCUT2D eigenvalue weighted by atomic mass is 10.2. The van der Waals surface area contributed by atoms with Crippen LogP contribution < -0.4 is 16.2 Å². The van der Waals surface area contributed by atoms with E-state index in [-0.39, 0.29) is 22.4 Å². The Labute approximate surface area is 180 Å². The Morgan fingerprint density at radius 2 is 1.97 bits per heavy atom. The third kappa shape index (κ3) is 4.29. The fourth-order valence-electron chi connectivity index (χ4n) is 2.95. The molecule has 0 spiro atoms. The molecule has 2 aromatic heterocycles. The summed E-state index contributed by atoms with van der Waals surface area (Å²) in [5.74, 6) is -0.705. The van der Waals surface area contributed by atoms with E-state index in [1.807, 2.05) is 0 Å². The van der Waals surface area contributed by atoms with Crippen LogP contribution in [-0.4, -0.2) is 20.4 Å². The van der Waals surface area contributed by atoms with Crippen LogP contribution in [0.1, 0.15) is 0 Å². The van der Waals surface area contributed by atoms with Gasteiger partial charge in [-0.15, -0.1) is 0 Å². The Balaban J connectivity index is 1.79. The fraction of sp³-hybridized carbons (Fsp3) is 0. The first-order valence-corrected chi connectivity index (χ1v) is 9.47. The molecule has 0 aliphatic rings. The SMILES string of the molecule is C=CC(=O)Nc1cccc(-n2c(=O)ccc3cnc(Nc4ccc(F)c(Cl)c4)nc32)c1. The van der Waals surface area contributed by atoms with Crippen LogP contribution in [0.4, 0.5) is 21.7 Å². The Morgan fingerprint density at radius 1 is 1.13 bits per heavy atom. The average Bonchev–Trinajstić information content (AvgIpc) is 2.76. The molecule has 4 rings (SSSR count). The van der Waals surface area contributed by atoms with Crippen LogP contribution in [0.3, 0.4) is 0 Å². The predicted molar refractivity (Wildman–Crippen MR) is 119 cm³/mol. The highest BCUT2D eigenvalue weighted by Crippen LogP contribution is 2.23. The number of benzene rings is 2. The number of carbonyl (C=O) groups excluding carboxylic acids is 1. The quantitative estimate of drug-likeness (QED) is 0.452. The van der Waals surface area contributed by atoms with E-state index in [1.165, 1.54) is 28.8 Å². The summed E-state index contributed by atoms with van der Waals surface area (Å²) in [5.41, 5.74) is 1.54. The highest BCUT2D eigenvalue weighted by atomic mass is 35.5. The summed E-state index contributed by atoms with van der Waals surface area (Å²) < 4.78 is 14.8. The van der Waals surface area contributed by atoms with Gasteiger partial charge in [0.25, 0.3) is 5.56 Å². The largest absolute Gasteiger partial charge is 0.324 e. The number of hydrogen-bond acceptors (Lipinski definition) is 5. The van der Waals surface area contributed by atoms with Gasteiger partial charge in [-0.2, -0.15) is 4.98 Å². The maximum absolute atomic E-state index is 13.4. The van der Waals surface area contributed by atoms with Crippen molar-refractivity contribution in [1.82, 2.24) is 14.5 Å². The van der Waals surface area contributed by atoms with Crippen molar-refractivity contribution >= 4 is 45.9 Å². The number of nitrogens with one attached hydrogen (secondary N) is 2. The Hall–Kier alpha value is -4.04. The first kappa shape index (κ1) is 20.2. The number of fused-ring (bicyclic) bond motifs is 1. The van der Waals surface area contributed by atoms with Crippen LogP contribution in [0.15, 0.2) is 78.2 Å². The van der Waals surface area contributed by atoms with Gasteiger partial charge in [0, 0.05) is 29.0 Å². The molecular weight excluding hydrogens is 421 g/mol. The van der Waals surface area contributed by atoms with E-state index < -0.39 is 5.82 Å². The molecule has 9 heteroatoms. The fourth-order valence-corrected chi connectivity index (χ4v) is 3.13. The molecule has 0 unspecified atom stereocenters. The molecule has 7 nitrogen and oxygen atoms in total. The second kappa shape index (κ2) is 8.37. The number of amides is 1. The lowest BCUT2D eigenvalue weighted by Gasteiger charge is -2.12. The molecule has 0 aliphatic heterocycles. The summed E-state index contributed by atoms with van der Waals surface area (Å²) >= 11 is 5.83. The molecule has 0 saturated carbocycles. The Bertz CT molecular complexity index is 1390. The summed E-state index contributed by atoms with van der Waals surface area (Å²) in [6.45, 7) is 3.43. The molecule has 2 N–H and O–H groups in total. The monoisotopic (exact) mass is 435 g/mol.